The minimum atomic E-state index is 0.113. The number of para-hydroxylation sites is 1. The SMILES string of the molecule is CN(C)c1ccc(C2=NN(c3ccccc3)[C@H](c3ccccn3)C2)cc1. The van der Waals surface area contributed by atoms with Gasteiger partial charge in [0.1, 0.15) is 6.04 Å². The third-order valence-corrected chi connectivity index (χ3v) is 4.68. The van der Waals surface area contributed by atoms with Crippen LogP contribution in [0.25, 0.3) is 0 Å². The number of hydrazone groups is 1. The predicted molar refractivity (Wildman–Crippen MR) is 108 cm³/mol. The van der Waals surface area contributed by atoms with Crippen LogP contribution in [0.3, 0.4) is 0 Å². The van der Waals surface area contributed by atoms with E-state index in [0.717, 1.165) is 29.1 Å². The zero-order chi connectivity index (χ0) is 17.9. The Morgan fingerprint density at radius 2 is 1.62 bits per heavy atom. The minimum Gasteiger partial charge on any atom is -0.378 e. The highest BCUT2D eigenvalue weighted by Gasteiger charge is 2.30. The first kappa shape index (κ1) is 16.3. The molecule has 4 rings (SSSR count). The molecular weight excluding hydrogens is 320 g/mol. The van der Waals surface area contributed by atoms with Crippen molar-refractivity contribution in [2.45, 2.75) is 12.5 Å². The summed E-state index contributed by atoms with van der Waals surface area (Å²) in [5.74, 6) is 0. The summed E-state index contributed by atoms with van der Waals surface area (Å²) >= 11 is 0. The Morgan fingerprint density at radius 1 is 0.885 bits per heavy atom. The van der Waals surface area contributed by atoms with Crippen LogP contribution in [0, 0.1) is 0 Å². The van der Waals surface area contributed by atoms with E-state index < -0.39 is 0 Å². The molecule has 2 aromatic carbocycles. The summed E-state index contributed by atoms with van der Waals surface area (Å²) in [7, 11) is 4.10. The molecule has 0 unspecified atom stereocenters. The molecule has 1 atom stereocenters. The van der Waals surface area contributed by atoms with Gasteiger partial charge in [-0.3, -0.25) is 9.99 Å². The third-order valence-electron chi connectivity index (χ3n) is 4.68. The smallest absolute Gasteiger partial charge is 0.100 e. The average molecular weight is 342 g/mol. The minimum absolute atomic E-state index is 0.113. The predicted octanol–water partition coefficient (Wildman–Crippen LogP) is 4.50. The Morgan fingerprint density at radius 3 is 2.27 bits per heavy atom. The van der Waals surface area contributed by atoms with E-state index in [1.54, 1.807) is 0 Å². The highest BCUT2D eigenvalue weighted by Crippen LogP contribution is 2.35. The first-order chi connectivity index (χ1) is 12.7. The molecule has 0 saturated heterocycles. The normalized spacial score (nSPS) is 16.5. The maximum Gasteiger partial charge on any atom is 0.100 e. The molecule has 0 spiro atoms. The maximum absolute atomic E-state index is 4.96. The van der Waals surface area contributed by atoms with E-state index in [4.69, 9.17) is 5.10 Å². The van der Waals surface area contributed by atoms with Gasteiger partial charge in [-0.1, -0.05) is 36.4 Å². The molecular formula is C22H22N4. The standard InChI is InChI=1S/C22H22N4/c1-25(2)18-13-11-17(12-14-18)21-16-22(20-10-6-7-15-23-20)26(24-21)19-8-4-3-5-9-19/h3-15,22H,16H2,1-2H3/t22-/m0/s1. The Kier molecular flexibility index (Phi) is 4.40. The summed E-state index contributed by atoms with van der Waals surface area (Å²) in [4.78, 5) is 6.68. The quantitative estimate of drug-likeness (QED) is 0.699. The maximum atomic E-state index is 4.96. The molecule has 4 nitrogen and oxygen atoms in total. The molecule has 3 aromatic rings. The molecule has 0 amide bonds. The van der Waals surface area contributed by atoms with Crippen molar-refractivity contribution in [1.29, 1.82) is 0 Å². The Labute approximate surface area is 154 Å². The van der Waals surface area contributed by atoms with Gasteiger partial charge in [0.05, 0.1) is 17.1 Å². The molecule has 1 aromatic heterocycles. The zero-order valence-electron chi connectivity index (χ0n) is 15.1. The van der Waals surface area contributed by atoms with Crippen molar-refractivity contribution in [2.75, 3.05) is 24.0 Å². The van der Waals surface area contributed by atoms with Gasteiger partial charge in [-0.25, -0.2) is 0 Å². The second-order valence-electron chi connectivity index (χ2n) is 6.64. The number of pyridine rings is 1. The van der Waals surface area contributed by atoms with Crippen molar-refractivity contribution < 1.29 is 0 Å². The lowest BCUT2D eigenvalue weighted by atomic mass is 10.0. The molecule has 0 aliphatic carbocycles. The van der Waals surface area contributed by atoms with Gasteiger partial charge in [0.15, 0.2) is 0 Å². The second-order valence-corrected chi connectivity index (χ2v) is 6.64. The van der Waals surface area contributed by atoms with Crippen molar-refractivity contribution in [3.63, 3.8) is 0 Å². The molecule has 2 heterocycles. The lowest BCUT2D eigenvalue weighted by molar-refractivity contribution is 0.686. The number of hydrogen-bond donors (Lipinski definition) is 0. The number of aromatic nitrogens is 1. The number of benzene rings is 2. The van der Waals surface area contributed by atoms with Crippen molar-refractivity contribution in [3.05, 3.63) is 90.3 Å². The van der Waals surface area contributed by atoms with Crippen molar-refractivity contribution in [1.82, 2.24) is 4.98 Å². The molecule has 0 bridgehead atoms. The van der Waals surface area contributed by atoms with Gasteiger partial charge in [-0.2, -0.15) is 5.10 Å². The van der Waals surface area contributed by atoms with Crippen LogP contribution in [0.4, 0.5) is 11.4 Å². The van der Waals surface area contributed by atoms with Gasteiger partial charge in [-0.05, 0) is 42.0 Å². The van der Waals surface area contributed by atoms with E-state index in [9.17, 15) is 0 Å². The first-order valence-electron chi connectivity index (χ1n) is 8.83. The van der Waals surface area contributed by atoms with Crippen molar-refractivity contribution in [2.24, 2.45) is 5.10 Å². The fraction of sp³-hybridized carbons (Fsp3) is 0.182. The van der Waals surface area contributed by atoms with E-state index in [-0.39, 0.29) is 6.04 Å². The summed E-state index contributed by atoms with van der Waals surface area (Å²) in [6.07, 6.45) is 2.69. The summed E-state index contributed by atoms with van der Waals surface area (Å²) in [6, 6.07) is 25.1. The Bertz CT molecular complexity index is 886. The van der Waals surface area contributed by atoms with Gasteiger partial charge in [0.2, 0.25) is 0 Å². The first-order valence-corrected chi connectivity index (χ1v) is 8.83. The van der Waals surface area contributed by atoms with E-state index in [2.05, 4.69) is 71.5 Å². The van der Waals surface area contributed by atoms with Crippen LogP contribution < -0.4 is 9.91 Å². The Hall–Kier alpha value is -3.14. The second kappa shape index (κ2) is 7.00. The van der Waals surface area contributed by atoms with Crippen LogP contribution in [-0.4, -0.2) is 24.8 Å². The molecule has 1 aliphatic heterocycles. The van der Waals surface area contributed by atoms with Crippen molar-refractivity contribution in [3.8, 4) is 0 Å². The van der Waals surface area contributed by atoms with E-state index in [1.807, 2.05) is 36.5 Å². The fourth-order valence-corrected chi connectivity index (χ4v) is 3.26. The van der Waals surface area contributed by atoms with Crippen LogP contribution in [0.15, 0.2) is 84.1 Å². The van der Waals surface area contributed by atoms with Gasteiger partial charge in [0, 0.05) is 32.4 Å². The van der Waals surface area contributed by atoms with Gasteiger partial charge in [0.25, 0.3) is 0 Å². The molecule has 4 heteroatoms. The molecule has 130 valence electrons. The monoisotopic (exact) mass is 342 g/mol. The van der Waals surface area contributed by atoms with Crippen molar-refractivity contribution >= 4 is 17.1 Å². The van der Waals surface area contributed by atoms with E-state index >= 15 is 0 Å². The molecule has 0 N–H and O–H groups in total. The molecule has 0 radical (unpaired) electrons. The van der Waals surface area contributed by atoms with Crippen LogP contribution in [-0.2, 0) is 0 Å². The molecule has 26 heavy (non-hydrogen) atoms. The number of hydrogen-bond acceptors (Lipinski definition) is 4. The van der Waals surface area contributed by atoms with Gasteiger partial charge in [-0.15, -0.1) is 0 Å². The highest BCUT2D eigenvalue weighted by molar-refractivity contribution is 6.03. The topological polar surface area (TPSA) is 31.7 Å². The summed E-state index contributed by atoms with van der Waals surface area (Å²) in [5.41, 5.74) is 5.57. The average Bonchev–Trinajstić information content (AvgIpc) is 3.15. The lowest BCUT2D eigenvalue weighted by Crippen LogP contribution is -2.19. The molecule has 1 aliphatic rings. The number of nitrogens with zero attached hydrogens (tertiary/aromatic N) is 4. The van der Waals surface area contributed by atoms with Gasteiger partial charge >= 0.3 is 0 Å². The van der Waals surface area contributed by atoms with E-state index in [0.29, 0.717) is 0 Å². The van der Waals surface area contributed by atoms with Crippen LogP contribution in [0.2, 0.25) is 0 Å². The third kappa shape index (κ3) is 3.18. The summed E-state index contributed by atoms with van der Waals surface area (Å²) < 4.78 is 0. The lowest BCUT2D eigenvalue weighted by Gasteiger charge is -2.22. The van der Waals surface area contributed by atoms with Crippen LogP contribution in [0.1, 0.15) is 23.7 Å². The summed E-state index contributed by atoms with van der Waals surface area (Å²) in [5, 5.41) is 7.05. The number of rotatable bonds is 4. The summed E-state index contributed by atoms with van der Waals surface area (Å²) in [6.45, 7) is 0. The fourth-order valence-electron chi connectivity index (χ4n) is 3.26. The van der Waals surface area contributed by atoms with E-state index in [1.165, 1.54) is 5.69 Å². The van der Waals surface area contributed by atoms with Crippen LogP contribution >= 0.6 is 0 Å². The molecule has 0 fully saturated rings. The largest absolute Gasteiger partial charge is 0.378 e. The van der Waals surface area contributed by atoms with Crippen LogP contribution in [0.5, 0.6) is 0 Å². The highest BCUT2D eigenvalue weighted by atomic mass is 15.5. The van der Waals surface area contributed by atoms with Gasteiger partial charge < -0.3 is 4.90 Å². The molecule has 0 saturated carbocycles. The Balaban J connectivity index is 1.70. The number of anilines is 2. The zero-order valence-corrected chi connectivity index (χ0v) is 15.1.